The van der Waals surface area contributed by atoms with E-state index in [-0.39, 0.29) is 43.4 Å². The predicted molar refractivity (Wildman–Crippen MR) is 121 cm³/mol. The van der Waals surface area contributed by atoms with Gasteiger partial charge in [0.25, 0.3) is 0 Å². The summed E-state index contributed by atoms with van der Waals surface area (Å²) in [5, 5.41) is 0. The van der Waals surface area contributed by atoms with Crippen LogP contribution in [0, 0.1) is 5.82 Å². The highest BCUT2D eigenvalue weighted by Crippen LogP contribution is 2.42. The molecular weight excluding hydrogens is 423 g/mol. The van der Waals surface area contributed by atoms with Crippen molar-refractivity contribution in [1.29, 1.82) is 0 Å². The molecule has 2 fully saturated rings. The minimum atomic E-state index is -1.53. The second-order valence-corrected chi connectivity index (χ2v) is 8.85. The summed E-state index contributed by atoms with van der Waals surface area (Å²) in [6.07, 6.45) is 1.38. The molecule has 0 aliphatic carbocycles. The van der Waals surface area contributed by atoms with Crippen LogP contribution in [-0.2, 0) is 24.5 Å². The van der Waals surface area contributed by atoms with E-state index in [1.165, 1.54) is 30.9 Å². The molecular formula is C26H29FN2O4. The van der Waals surface area contributed by atoms with Crippen molar-refractivity contribution in [3.8, 4) is 0 Å². The average molecular weight is 453 g/mol. The lowest BCUT2D eigenvalue weighted by atomic mass is 9.75. The molecule has 4 rings (SSSR count). The third-order valence-electron chi connectivity index (χ3n) is 6.82. The molecule has 0 aromatic heterocycles. The maximum absolute atomic E-state index is 14.9. The first-order chi connectivity index (χ1) is 16.0. The van der Waals surface area contributed by atoms with Crippen LogP contribution in [0.1, 0.15) is 42.7 Å². The summed E-state index contributed by atoms with van der Waals surface area (Å²) >= 11 is 0. The third kappa shape index (κ3) is 4.55. The van der Waals surface area contributed by atoms with E-state index in [4.69, 9.17) is 4.74 Å². The zero-order chi connectivity index (χ0) is 23.4. The SMILES string of the molecule is COCCN1C(=O)CC(CC(=O)N2CCCC(c3ccccc3)C2)(c2ccccc2F)C1=O. The van der Waals surface area contributed by atoms with E-state index in [2.05, 4.69) is 12.1 Å². The van der Waals surface area contributed by atoms with Crippen LogP contribution >= 0.6 is 0 Å². The van der Waals surface area contributed by atoms with Gasteiger partial charge >= 0.3 is 0 Å². The molecule has 2 unspecified atom stereocenters. The van der Waals surface area contributed by atoms with Crippen LogP contribution in [0.4, 0.5) is 4.39 Å². The van der Waals surface area contributed by atoms with Gasteiger partial charge in [-0.05, 0) is 24.5 Å². The summed E-state index contributed by atoms with van der Waals surface area (Å²) in [6, 6.07) is 16.0. The topological polar surface area (TPSA) is 66.9 Å². The number of rotatable bonds is 7. The first kappa shape index (κ1) is 23.1. The highest BCUT2D eigenvalue weighted by Gasteiger charge is 2.55. The number of methoxy groups -OCH3 is 1. The van der Waals surface area contributed by atoms with E-state index in [0.717, 1.165) is 17.7 Å². The van der Waals surface area contributed by atoms with E-state index in [9.17, 15) is 18.8 Å². The first-order valence-electron chi connectivity index (χ1n) is 11.4. The highest BCUT2D eigenvalue weighted by molar-refractivity contribution is 6.10. The van der Waals surface area contributed by atoms with Crippen LogP contribution < -0.4 is 0 Å². The van der Waals surface area contributed by atoms with Crippen LogP contribution in [0.2, 0.25) is 0 Å². The fourth-order valence-electron chi connectivity index (χ4n) is 5.07. The Labute approximate surface area is 193 Å². The lowest BCUT2D eigenvalue weighted by molar-refractivity contribution is -0.143. The number of ether oxygens (including phenoxy) is 1. The molecule has 2 aliphatic rings. The van der Waals surface area contributed by atoms with Crippen LogP contribution in [0.25, 0.3) is 0 Å². The van der Waals surface area contributed by atoms with E-state index in [0.29, 0.717) is 13.1 Å². The second kappa shape index (κ2) is 9.83. The van der Waals surface area contributed by atoms with Crippen molar-refractivity contribution < 1.29 is 23.5 Å². The van der Waals surface area contributed by atoms with E-state index in [1.807, 2.05) is 18.2 Å². The molecule has 2 aromatic carbocycles. The Morgan fingerprint density at radius 2 is 1.85 bits per heavy atom. The minimum absolute atomic E-state index is 0.0817. The van der Waals surface area contributed by atoms with Gasteiger partial charge in [-0.15, -0.1) is 0 Å². The minimum Gasteiger partial charge on any atom is -0.383 e. The van der Waals surface area contributed by atoms with Gasteiger partial charge in [0.1, 0.15) is 5.82 Å². The van der Waals surface area contributed by atoms with Crippen molar-refractivity contribution >= 4 is 17.7 Å². The molecule has 0 radical (unpaired) electrons. The van der Waals surface area contributed by atoms with Gasteiger partial charge in [0, 0.05) is 44.5 Å². The molecule has 3 amide bonds. The number of hydrogen-bond donors (Lipinski definition) is 0. The van der Waals surface area contributed by atoms with Crippen LogP contribution in [0.5, 0.6) is 0 Å². The molecule has 0 spiro atoms. The molecule has 2 atom stereocenters. The maximum Gasteiger partial charge on any atom is 0.241 e. The van der Waals surface area contributed by atoms with Gasteiger partial charge in [-0.1, -0.05) is 48.5 Å². The van der Waals surface area contributed by atoms with Gasteiger partial charge in [0.15, 0.2) is 0 Å². The van der Waals surface area contributed by atoms with Crippen molar-refractivity contribution in [2.75, 3.05) is 33.4 Å². The molecule has 2 saturated heterocycles. The molecule has 174 valence electrons. The van der Waals surface area contributed by atoms with Gasteiger partial charge in [-0.2, -0.15) is 0 Å². The molecule has 33 heavy (non-hydrogen) atoms. The Kier molecular flexibility index (Phi) is 6.88. The van der Waals surface area contributed by atoms with Gasteiger partial charge in [-0.3, -0.25) is 19.3 Å². The fourth-order valence-corrected chi connectivity index (χ4v) is 5.07. The smallest absolute Gasteiger partial charge is 0.241 e. The summed E-state index contributed by atoms with van der Waals surface area (Å²) in [5.74, 6) is -1.53. The summed E-state index contributed by atoms with van der Waals surface area (Å²) in [5.41, 5.74) is -0.252. The molecule has 7 heteroatoms. The third-order valence-corrected chi connectivity index (χ3v) is 6.82. The number of likely N-dealkylation sites (tertiary alicyclic amines) is 2. The summed E-state index contributed by atoms with van der Waals surface area (Å²) < 4.78 is 19.9. The normalized spacial score (nSPS) is 23.3. The number of amides is 3. The Morgan fingerprint density at radius 1 is 1.12 bits per heavy atom. The van der Waals surface area contributed by atoms with Crippen LogP contribution in [0.3, 0.4) is 0 Å². The molecule has 0 saturated carbocycles. The van der Waals surface area contributed by atoms with Crippen LogP contribution in [0.15, 0.2) is 54.6 Å². The molecule has 2 aliphatic heterocycles. The molecule has 0 N–H and O–H groups in total. The number of nitrogens with zero attached hydrogens (tertiary/aromatic N) is 2. The van der Waals surface area contributed by atoms with E-state index < -0.39 is 23.0 Å². The van der Waals surface area contributed by atoms with Crippen molar-refractivity contribution in [3.63, 3.8) is 0 Å². The number of halogens is 1. The standard InChI is InChI=1S/C26H29FN2O4/c1-33-15-14-29-24(31)17-26(25(29)32,21-11-5-6-12-22(21)27)16-23(30)28-13-7-10-20(18-28)19-8-3-2-4-9-19/h2-6,8-9,11-12,20H,7,10,13-18H2,1H3. The maximum atomic E-state index is 14.9. The number of imide groups is 1. The predicted octanol–water partition coefficient (Wildman–Crippen LogP) is 3.27. The largest absolute Gasteiger partial charge is 0.383 e. The summed E-state index contributed by atoms with van der Waals surface area (Å²) in [6.45, 7) is 1.40. The van der Waals surface area contributed by atoms with Gasteiger partial charge in [0.2, 0.25) is 17.7 Å². The van der Waals surface area contributed by atoms with Crippen LogP contribution in [-0.4, -0.2) is 60.9 Å². The fraction of sp³-hybridized carbons (Fsp3) is 0.423. The van der Waals surface area contributed by atoms with Gasteiger partial charge < -0.3 is 9.64 Å². The summed E-state index contributed by atoms with van der Waals surface area (Å²) in [4.78, 5) is 42.7. The van der Waals surface area contributed by atoms with Gasteiger partial charge in [-0.25, -0.2) is 4.39 Å². The Bertz CT molecular complexity index is 1030. The first-order valence-corrected chi connectivity index (χ1v) is 11.4. The number of hydrogen-bond acceptors (Lipinski definition) is 4. The zero-order valence-corrected chi connectivity index (χ0v) is 18.8. The Hall–Kier alpha value is -3.06. The van der Waals surface area contributed by atoms with Crippen molar-refractivity contribution in [2.24, 2.45) is 0 Å². The van der Waals surface area contributed by atoms with Gasteiger partial charge in [0.05, 0.1) is 18.6 Å². The van der Waals surface area contributed by atoms with Crippen molar-refractivity contribution in [3.05, 3.63) is 71.5 Å². The highest BCUT2D eigenvalue weighted by atomic mass is 19.1. The molecule has 0 bridgehead atoms. The Balaban J connectivity index is 1.61. The summed E-state index contributed by atoms with van der Waals surface area (Å²) in [7, 11) is 1.48. The number of piperidine rings is 1. The number of carbonyl (C=O) groups excluding carboxylic acids is 3. The number of benzene rings is 2. The molecule has 2 heterocycles. The lowest BCUT2D eigenvalue weighted by Crippen LogP contribution is -2.46. The lowest BCUT2D eigenvalue weighted by Gasteiger charge is -2.36. The monoisotopic (exact) mass is 452 g/mol. The quantitative estimate of drug-likeness (QED) is 0.605. The number of carbonyl (C=O) groups is 3. The molecule has 2 aromatic rings. The molecule has 6 nitrogen and oxygen atoms in total. The van der Waals surface area contributed by atoms with E-state index >= 15 is 0 Å². The zero-order valence-electron chi connectivity index (χ0n) is 18.8. The second-order valence-electron chi connectivity index (χ2n) is 8.85. The van der Waals surface area contributed by atoms with E-state index in [1.54, 1.807) is 11.0 Å². The van der Waals surface area contributed by atoms with Crippen molar-refractivity contribution in [2.45, 2.75) is 37.0 Å². The average Bonchev–Trinajstić information content (AvgIpc) is 3.07. The Morgan fingerprint density at radius 3 is 2.58 bits per heavy atom. The van der Waals surface area contributed by atoms with Crippen molar-refractivity contribution in [1.82, 2.24) is 9.80 Å².